The van der Waals surface area contributed by atoms with E-state index in [0.29, 0.717) is 0 Å². The molecule has 1 aromatic heterocycles. The van der Waals surface area contributed by atoms with Crippen LogP contribution in [0.15, 0.2) is 0 Å². The lowest BCUT2D eigenvalue weighted by Gasteiger charge is -2.33. The first-order valence-corrected chi connectivity index (χ1v) is 8.76. The van der Waals surface area contributed by atoms with Gasteiger partial charge >= 0.3 is 0 Å². The van der Waals surface area contributed by atoms with Crippen LogP contribution in [0.1, 0.15) is 45.0 Å². The summed E-state index contributed by atoms with van der Waals surface area (Å²) in [5, 5.41) is 5.41. The third-order valence-electron chi connectivity index (χ3n) is 4.28. The van der Waals surface area contributed by atoms with Gasteiger partial charge in [0.1, 0.15) is 0 Å². The lowest BCUT2D eigenvalue weighted by atomic mass is 9.93. The number of nitrogens with zero attached hydrogens (tertiary/aromatic N) is 2. The average Bonchev–Trinajstić information content (AvgIpc) is 3.01. The van der Waals surface area contributed by atoms with E-state index in [1.807, 2.05) is 16.4 Å². The van der Waals surface area contributed by atoms with Crippen LogP contribution in [0.5, 0.6) is 0 Å². The Morgan fingerprint density at radius 2 is 2.30 bits per heavy atom. The van der Waals surface area contributed by atoms with Crippen molar-refractivity contribution in [2.24, 2.45) is 5.84 Å². The van der Waals surface area contributed by atoms with E-state index in [1.54, 1.807) is 0 Å². The van der Waals surface area contributed by atoms with Gasteiger partial charge in [-0.05, 0) is 38.9 Å². The number of aromatic nitrogens is 2. The lowest BCUT2D eigenvalue weighted by molar-refractivity contribution is 0.396. The minimum atomic E-state index is 0.188. The maximum absolute atomic E-state index is 6.50. The van der Waals surface area contributed by atoms with E-state index in [-0.39, 0.29) is 10.8 Å². The van der Waals surface area contributed by atoms with Crippen LogP contribution in [0.2, 0.25) is 5.02 Å². The summed E-state index contributed by atoms with van der Waals surface area (Å²) in [5.74, 6) is 7.05. The molecule has 0 aliphatic carbocycles. The van der Waals surface area contributed by atoms with Crippen LogP contribution in [-0.4, -0.2) is 26.3 Å². The van der Waals surface area contributed by atoms with Crippen LogP contribution in [0.25, 0.3) is 0 Å². The molecule has 0 spiro atoms. The molecule has 3 N–H and O–H groups in total. The van der Waals surface area contributed by atoms with E-state index >= 15 is 0 Å². The summed E-state index contributed by atoms with van der Waals surface area (Å²) in [4.78, 5) is 0. The number of hydrogen-bond acceptors (Lipinski definition) is 4. The molecule has 114 valence electrons. The number of rotatable bonds is 6. The van der Waals surface area contributed by atoms with Gasteiger partial charge in [-0.15, -0.1) is 0 Å². The predicted octanol–water partition coefficient (Wildman–Crippen LogP) is 2.78. The van der Waals surface area contributed by atoms with Crippen molar-refractivity contribution in [2.75, 3.05) is 5.75 Å². The topological polar surface area (TPSA) is 55.9 Å². The number of thioether (sulfide) groups is 1. The third-order valence-corrected chi connectivity index (χ3v) is 6.36. The second-order valence-corrected chi connectivity index (χ2v) is 7.57. The Hall–Kier alpha value is -0.230. The Bertz CT molecular complexity index is 454. The molecule has 2 heterocycles. The van der Waals surface area contributed by atoms with Crippen LogP contribution in [0.3, 0.4) is 0 Å². The van der Waals surface area contributed by atoms with Crippen LogP contribution in [-0.2, 0) is 19.4 Å². The fraction of sp³-hybridized carbons (Fsp3) is 0.786. The molecule has 1 aliphatic heterocycles. The van der Waals surface area contributed by atoms with E-state index in [9.17, 15) is 0 Å². The molecular formula is C14H25ClN4S. The van der Waals surface area contributed by atoms with Gasteiger partial charge in [0, 0.05) is 23.8 Å². The molecule has 1 fully saturated rings. The standard InChI is InChI=1S/C14H25ClN4S/c1-4-10-13(15)11(19(5-2)18-10)9-12(17-16)14(3)7-6-8-20-14/h12,17H,4-9,16H2,1-3H3. The minimum absolute atomic E-state index is 0.188. The molecule has 4 nitrogen and oxygen atoms in total. The monoisotopic (exact) mass is 316 g/mol. The van der Waals surface area contributed by atoms with Gasteiger partial charge in [-0.2, -0.15) is 16.9 Å². The van der Waals surface area contributed by atoms with Crippen molar-refractivity contribution in [3.8, 4) is 0 Å². The van der Waals surface area contributed by atoms with Crippen molar-refractivity contribution in [1.29, 1.82) is 0 Å². The second kappa shape index (κ2) is 6.69. The van der Waals surface area contributed by atoms with Gasteiger partial charge in [0.15, 0.2) is 0 Å². The zero-order valence-corrected chi connectivity index (χ0v) is 14.2. The Morgan fingerprint density at radius 1 is 1.55 bits per heavy atom. The lowest BCUT2D eigenvalue weighted by Crippen LogP contribution is -2.50. The molecule has 20 heavy (non-hydrogen) atoms. The van der Waals surface area contributed by atoms with Crippen molar-refractivity contribution >= 4 is 23.4 Å². The smallest absolute Gasteiger partial charge is 0.0850 e. The molecule has 0 saturated carbocycles. The van der Waals surface area contributed by atoms with Crippen LogP contribution in [0, 0.1) is 0 Å². The molecule has 2 rings (SSSR count). The Labute approximate surface area is 130 Å². The highest BCUT2D eigenvalue weighted by Gasteiger charge is 2.38. The number of nitrogens with one attached hydrogen (secondary N) is 1. The van der Waals surface area contributed by atoms with Crippen LogP contribution < -0.4 is 11.3 Å². The summed E-state index contributed by atoms with van der Waals surface area (Å²) in [7, 11) is 0. The fourth-order valence-electron chi connectivity index (χ4n) is 2.93. The molecule has 2 unspecified atom stereocenters. The SMILES string of the molecule is CCc1nn(CC)c(CC(NN)C2(C)CCCS2)c1Cl. The summed E-state index contributed by atoms with van der Waals surface area (Å²) in [6.07, 6.45) is 4.16. The molecule has 0 amide bonds. The molecule has 0 aromatic carbocycles. The van der Waals surface area contributed by atoms with Crippen molar-refractivity contribution in [3.63, 3.8) is 0 Å². The van der Waals surface area contributed by atoms with Crippen molar-refractivity contribution in [1.82, 2.24) is 15.2 Å². The summed E-state index contributed by atoms with van der Waals surface area (Å²) in [6, 6.07) is 0.221. The predicted molar refractivity (Wildman–Crippen MR) is 87.2 cm³/mol. The highest BCUT2D eigenvalue weighted by molar-refractivity contribution is 8.00. The number of nitrogens with two attached hydrogens (primary N) is 1. The van der Waals surface area contributed by atoms with Gasteiger partial charge in [-0.25, -0.2) is 0 Å². The number of hydrazine groups is 1. The van der Waals surface area contributed by atoms with E-state index < -0.39 is 0 Å². The molecule has 2 atom stereocenters. The Kier molecular flexibility index (Phi) is 5.40. The van der Waals surface area contributed by atoms with Crippen LogP contribution in [0.4, 0.5) is 0 Å². The molecular weight excluding hydrogens is 292 g/mol. The summed E-state index contributed by atoms with van der Waals surface area (Å²) in [5.41, 5.74) is 5.12. The maximum Gasteiger partial charge on any atom is 0.0850 e. The summed E-state index contributed by atoms with van der Waals surface area (Å²) in [6.45, 7) is 7.33. The van der Waals surface area contributed by atoms with Crippen molar-refractivity contribution in [2.45, 2.75) is 63.8 Å². The minimum Gasteiger partial charge on any atom is -0.271 e. The largest absolute Gasteiger partial charge is 0.271 e. The third kappa shape index (κ3) is 3.01. The van der Waals surface area contributed by atoms with Gasteiger partial charge in [0.25, 0.3) is 0 Å². The van der Waals surface area contributed by atoms with Gasteiger partial charge < -0.3 is 0 Å². The Morgan fingerprint density at radius 3 is 2.80 bits per heavy atom. The molecule has 1 aromatic rings. The van der Waals surface area contributed by atoms with E-state index in [1.165, 1.54) is 18.6 Å². The second-order valence-electron chi connectivity index (χ2n) is 5.56. The van der Waals surface area contributed by atoms with Gasteiger partial charge in [0.2, 0.25) is 0 Å². The fourth-order valence-corrected chi connectivity index (χ4v) is 4.67. The van der Waals surface area contributed by atoms with Crippen LogP contribution >= 0.6 is 23.4 Å². The van der Waals surface area contributed by atoms with E-state index in [0.717, 1.165) is 35.8 Å². The number of hydrogen-bond donors (Lipinski definition) is 2. The summed E-state index contributed by atoms with van der Waals surface area (Å²) < 4.78 is 2.21. The zero-order valence-electron chi connectivity index (χ0n) is 12.6. The molecule has 1 aliphatic rings. The molecule has 6 heteroatoms. The van der Waals surface area contributed by atoms with Gasteiger partial charge in [0.05, 0.1) is 16.4 Å². The normalized spacial score (nSPS) is 24.2. The van der Waals surface area contributed by atoms with E-state index in [2.05, 4.69) is 31.3 Å². The first kappa shape index (κ1) is 16.1. The maximum atomic E-state index is 6.50. The number of aryl methyl sites for hydroxylation is 2. The van der Waals surface area contributed by atoms with Crippen molar-refractivity contribution < 1.29 is 0 Å². The van der Waals surface area contributed by atoms with E-state index in [4.69, 9.17) is 17.4 Å². The molecule has 0 radical (unpaired) electrons. The Balaban J connectivity index is 2.25. The highest BCUT2D eigenvalue weighted by atomic mass is 35.5. The first-order valence-electron chi connectivity index (χ1n) is 7.39. The average molecular weight is 317 g/mol. The molecule has 1 saturated heterocycles. The van der Waals surface area contributed by atoms with Gasteiger partial charge in [-0.3, -0.25) is 16.0 Å². The quantitative estimate of drug-likeness (QED) is 0.626. The molecule has 0 bridgehead atoms. The van der Waals surface area contributed by atoms with Crippen molar-refractivity contribution in [3.05, 3.63) is 16.4 Å². The zero-order chi connectivity index (χ0) is 14.8. The first-order chi connectivity index (χ1) is 9.55. The summed E-state index contributed by atoms with van der Waals surface area (Å²) >= 11 is 8.52. The highest BCUT2D eigenvalue weighted by Crippen LogP contribution is 2.41. The number of halogens is 1. The van der Waals surface area contributed by atoms with Gasteiger partial charge in [-0.1, -0.05) is 18.5 Å².